The van der Waals surface area contributed by atoms with Crippen LogP contribution in [0.1, 0.15) is 18.5 Å². The fraction of sp³-hybridized carbons (Fsp3) is 0.667. The highest BCUT2D eigenvalue weighted by molar-refractivity contribution is 5.75. The Morgan fingerprint density at radius 2 is 2.25 bits per heavy atom. The molecule has 130 valence electrons. The average molecular weight is 331 g/mol. The van der Waals surface area contributed by atoms with Crippen molar-refractivity contribution in [1.29, 1.82) is 0 Å². The molecule has 0 unspecified atom stereocenters. The van der Waals surface area contributed by atoms with E-state index < -0.39 is 0 Å². The van der Waals surface area contributed by atoms with E-state index in [0.717, 1.165) is 44.9 Å². The number of likely N-dealkylation sites (tertiary alicyclic amines) is 1. The third-order valence-corrected chi connectivity index (χ3v) is 5.42. The van der Waals surface area contributed by atoms with E-state index in [1.807, 2.05) is 18.3 Å². The highest BCUT2D eigenvalue weighted by Crippen LogP contribution is 2.36. The molecule has 0 aliphatic carbocycles. The normalized spacial score (nSPS) is 30.5. The summed E-state index contributed by atoms with van der Waals surface area (Å²) in [5.41, 5.74) is 1.11. The Morgan fingerprint density at radius 3 is 3.04 bits per heavy atom. The predicted octanol–water partition coefficient (Wildman–Crippen LogP) is 1.33. The van der Waals surface area contributed by atoms with Crippen molar-refractivity contribution >= 4 is 5.91 Å². The quantitative estimate of drug-likeness (QED) is 0.833. The first-order valence-corrected chi connectivity index (χ1v) is 8.93. The SMILES string of the molecule is O=C(C[C@@H]1COC[C@H]2CN(Cc3ccccn3)C[C@@H]12)N1CCCO1. The summed E-state index contributed by atoms with van der Waals surface area (Å²) in [5, 5.41) is 1.55. The standard InChI is InChI=1S/C18H25N3O3/c22-18(21-6-3-7-24-21)8-14-12-23-13-15-9-20(11-17(14)15)10-16-4-1-2-5-19-16/h1-2,4-5,14-15,17H,3,6-13H2/t14-,15-,17+/m1/s1. The zero-order chi connectivity index (χ0) is 16.4. The summed E-state index contributed by atoms with van der Waals surface area (Å²) in [4.78, 5) is 24.7. The molecular formula is C18H25N3O3. The Kier molecular flexibility index (Phi) is 4.78. The van der Waals surface area contributed by atoms with Gasteiger partial charge in [0.05, 0.1) is 32.1 Å². The molecule has 24 heavy (non-hydrogen) atoms. The van der Waals surface area contributed by atoms with Crippen molar-refractivity contribution in [2.75, 3.05) is 39.5 Å². The summed E-state index contributed by atoms with van der Waals surface area (Å²) in [5.74, 6) is 1.48. The number of fused-ring (bicyclic) bond motifs is 1. The fourth-order valence-electron chi connectivity index (χ4n) is 4.22. The molecule has 0 N–H and O–H groups in total. The lowest BCUT2D eigenvalue weighted by atomic mass is 9.81. The minimum Gasteiger partial charge on any atom is -0.381 e. The number of aromatic nitrogens is 1. The predicted molar refractivity (Wildman–Crippen MR) is 87.7 cm³/mol. The van der Waals surface area contributed by atoms with Gasteiger partial charge in [0.2, 0.25) is 5.91 Å². The van der Waals surface area contributed by atoms with Gasteiger partial charge in [-0.05, 0) is 36.3 Å². The Balaban J connectivity index is 1.36. The van der Waals surface area contributed by atoms with Crippen LogP contribution in [0.5, 0.6) is 0 Å². The third-order valence-electron chi connectivity index (χ3n) is 5.42. The lowest BCUT2D eigenvalue weighted by molar-refractivity contribution is -0.171. The number of hydrogen-bond acceptors (Lipinski definition) is 5. The molecular weight excluding hydrogens is 306 g/mol. The van der Waals surface area contributed by atoms with Crippen LogP contribution >= 0.6 is 0 Å². The lowest BCUT2D eigenvalue weighted by Gasteiger charge is -2.33. The molecule has 4 heterocycles. The molecule has 0 bridgehead atoms. The van der Waals surface area contributed by atoms with Crippen molar-refractivity contribution in [1.82, 2.24) is 14.9 Å². The second-order valence-electron chi connectivity index (χ2n) is 7.12. The van der Waals surface area contributed by atoms with Gasteiger partial charge in [-0.3, -0.25) is 19.5 Å². The van der Waals surface area contributed by atoms with Gasteiger partial charge in [0.1, 0.15) is 0 Å². The third kappa shape index (κ3) is 3.45. The maximum Gasteiger partial charge on any atom is 0.246 e. The van der Waals surface area contributed by atoms with E-state index in [0.29, 0.717) is 37.4 Å². The van der Waals surface area contributed by atoms with Crippen molar-refractivity contribution in [2.45, 2.75) is 19.4 Å². The van der Waals surface area contributed by atoms with E-state index in [9.17, 15) is 4.79 Å². The molecule has 0 saturated carbocycles. The van der Waals surface area contributed by atoms with Gasteiger partial charge in [-0.1, -0.05) is 6.07 Å². The van der Waals surface area contributed by atoms with Crippen LogP contribution in [0.25, 0.3) is 0 Å². The monoisotopic (exact) mass is 331 g/mol. The zero-order valence-electron chi connectivity index (χ0n) is 14.0. The Hall–Kier alpha value is -1.50. The summed E-state index contributed by atoms with van der Waals surface area (Å²) in [6, 6.07) is 6.06. The molecule has 1 aromatic heterocycles. The second-order valence-corrected chi connectivity index (χ2v) is 7.12. The van der Waals surface area contributed by atoms with Crippen LogP contribution in [0.2, 0.25) is 0 Å². The number of amides is 1. The first-order chi connectivity index (χ1) is 11.8. The van der Waals surface area contributed by atoms with Crippen molar-refractivity contribution in [3.63, 3.8) is 0 Å². The van der Waals surface area contributed by atoms with E-state index in [2.05, 4.69) is 16.0 Å². The number of pyridine rings is 1. The van der Waals surface area contributed by atoms with E-state index in [1.54, 1.807) is 5.06 Å². The maximum absolute atomic E-state index is 12.4. The molecule has 3 aliphatic rings. The molecule has 1 amide bonds. The number of nitrogens with zero attached hydrogens (tertiary/aromatic N) is 3. The van der Waals surface area contributed by atoms with Crippen molar-refractivity contribution < 1.29 is 14.4 Å². The van der Waals surface area contributed by atoms with Gasteiger partial charge < -0.3 is 4.74 Å². The van der Waals surface area contributed by atoms with Gasteiger partial charge >= 0.3 is 0 Å². The molecule has 4 rings (SSSR count). The molecule has 3 atom stereocenters. The zero-order valence-corrected chi connectivity index (χ0v) is 14.0. The lowest BCUT2D eigenvalue weighted by Crippen LogP contribution is -2.38. The van der Waals surface area contributed by atoms with Gasteiger partial charge in [-0.15, -0.1) is 0 Å². The van der Waals surface area contributed by atoms with Gasteiger partial charge in [0.25, 0.3) is 0 Å². The van der Waals surface area contributed by atoms with E-state index in [-0.39, 0.29) is 5.91 Å². The minimum absolute atomic E-state index is 0.116. The summed E-state index contributed by atoms with van der Waals surface area (Å²) in [7, 11) is 0. The summed E-state index contributed by atoms with van der Waals surface area (Å²) in [6.45, 7) is 5.84. The van der Waals surface area contributed by atoms with Crippen molar-refractivity contribution in [3.8, 4) is 0 Å². The molecule has 3 saturated heterocycles. The van der Waals surface area contributed by atoms with Gasteiger partial charge in [0, 0.05) is 32.3 Å². The highest BCUT2D eigenvalue weighted by atomic mass is 16.7. The average Bonchev–Trinajstić information content (AvgIpc) is 3.25. The van der Waals surface area contributed by atoms with Crippen LogP contribution in [0, 0.1) is 17.8 Å². The van der Waals surface area contributed by atoms with Crippen LogP contribution < -0.4 is 0 Å². The van der Waals surface area contributed by atoms with E-state index >= 15 is 0 Å². The number of hydroxylamine groups is 2. The largest absolute Gasteiger partial charge is 0.381 e. The number of ether oxygens (including phenoxy) is 1. The van der Waals surface area contributed by atoms with Crippen LogP contribution in [-0.2, 0) is 20.9 Å². The Bertz CT molecular complexity index is 562. The van der Waals surface area contributed by atoms with Crippen LogP contribution in [0.4, 0.5) is 0 Å². The first-order valence-electron chi connectivity index (χ1n) is 8.93. The topological polar surface area (TPSA) is 54.9 Å². The molecule has 6 nitrogen and oxygen atoms in total. The summed E-state index contributed by atoms with van der Waals surface area (Å²) >= 11 is 0. The summed E-state index contributed by atoms with van der Waals surface area (Å²) < 4.78 is 5.80. The molecule has 0 aromatic carbocycles. The Morgan fingerprint density at radius 1 is 1.29 bits per heavy atom. The van der Waals surface area contributed by atoms with Crippen LogP contribution in [0.15, 0.2) is 24.4 Å². The smallest absolute Gasteiger partial charge is 0.246 e. The van der Waals surface area contributed by atoms with Gasteiger partial charge in [-0.2, -0.15) is 0 Å². The Labute approximate surface area is 142 Å². The number of rotatable bonds is 4. The highest BCUT2D eigenvalue weighted by Gasteiger charge is 2.42. The fourth-order valence-corrected chi connectivity index (χ4v) is 4.22. The van der Waals surface area contributed by atoms with Crippen molar-refractivity contribution in [3.05, 3.63) is 30.1 Å². The molecule has 0 radical (unpaired) electrons. The summed E-state index contributed by atoms with van der Waals surface area (Å²) in [6.07, 6.45) is 3.33. The first kappa shape index (κ1) is 16.0. The van der Waals surface area contributed by atoms with Gasteiger partial charge in [-0.25, -0.2) is 5.06 Å². The van der Waals surface area contributed by atoms with Crippen molar-refractivity contribution in [2.24, 2.45) is 17.8 Å². The molecule has 3 fully saturated rings. The number of hydrogen-bond donors (Lipinski definition) is 0. The number of carbonyl (C=O) groups is 1. The molecule has 3 aliphatic heterocycles. The minimum atomic E-state index is 0.116. The maximum atomic E-state index is 12.4. The molecule has 1 aromatic rings. The molecule has 0 spiro atoms. The number of carbonyl (C=O) groups excluding carboxylic acids is 1. The van der Waals surface area contributed by atoms with E-state index in [4.69, 9.17) is 9.57 Å². The second kappa shape index (κ2) is 7.17. The van der Waals surface area contributed by atoms with E-state index in [1.165, 1.54) is 0 Å². The van der Waals surface area contributed by atoms with Gasteiger partial charge in [0.15, 0.2) is 0 Å². The van der Waals surface area contributed by atoms with Crippen LogP contribution in [0.3, 0.4) is 0 Å². The van der Waals surface area contributed by atoms with Crippen LogP contribution in [-0.4, -0.2) is 60.3 Å². The molecule has 6 heteroatoms.